The number of carbonyl (C=O) groups is 3. The first-order chi connectivity index (χ1) is 14.5. The van der Waals surface area contributed by atoms with Crippen LogP contribution >= 0.6 is 0 Å². The molecule has 8 nitrogen and oxygen atoms in total. The molecule has 2 aliphatic heterocycles. The Balaban J connectivity index is 1.40. The van der Waals surface area contributed by atoms with Gasteiger partial charge in [-0.05, 0) is 42.7 Å². The van der Waals surface area contributed by atoms with Gasteiger partial charge in [-0.3, -0.25) is 24.7 Å². The van der Waals surface area contributed by atoms with Crippen LogP contribution in [0.4, 0.5) is 0 Å². The van der Waals surface area contributed by atoms with Crippen LogP contribution in [-0.2, 0) is 16.1 Å². The predicted molar refractivity (Wildman–Crippen MR) is 106 cm³/mol. The number of pyridine rings is 1. The molecule has 1 saturated heterocycles. The molecule has 1 fully saturated rings. The number of piperidine rings is 1. The number of imide groups is 1. The molecular weight excluding hydrogens is 384 g/mol. The number of hydrogen-bond acceptors (Lipinski definition) is 6. The smallest absolute Gasteiger partial charge is 0.255 e. The minimum absolute atomic E-state index is 0.201. The second kappa shape index (κ2) is 6.91. The highest BCUT2D eigenvalue weighted by Gasteiger charge is 2.39. The van der Waals surface area contributed by atoms with Gasteiger partial charge < -0.3 is 9.42 Å². The van der Waals surface area contributed by atoms with Gasteiger partial charge in [0.15, 0.2) is 5.76 Å². The predicted octanol–water partition coefficient (Wildman–Crippen LogP) is 2.47. The molecule has 0 radical (unpaired) electrons. The number of nitrogens with zero attached hydrogens (tertiary/aromatic N) is 3. The van der Waals surface area contributed by atoms with Gasteiger partial charge in [0, 0.05) is 36.4 Å². The van der Waals surface area contributed by atoms with E-state index in [-0.39, 0.29) is 18.2 Å². The van der Waals surface area contributed by atoms with E-state index < -0.39 is 11.9 Å². The molecule has 1 atom stereocenters. The van der Waals surface area contributed by atoms with Crippen LogP contribution in [0.1, 0.15) is 34.3 Å². The molecule has 1 unspecified atom stereocenters. The maximum absolute atomic E-state index is 12.8. The number of hydrogen-bond donors (Lipinski definition) is 1. The SMILES string of the molecule is Cc1ccc(-c2cc(-c3ccc4c(c3)CN(C3CCC(=O)NC3=O)C4=O)on2)nc1. The molecule has 3 aromatic rings. The molecule has 30 heavy (non-hydrogen) atoms. The number of amides is 3. The van der Waals surface area contributed by atoms with E-state index in [2.05, 4.69) is 15.5 Å². The summed E-state index contributed by atoms with van der Waals surface area (Å²) in [6.07, 6.45) is 2.34. The van der Waals surface area contributed by atoms with E-state index in [4.69, 9.17) is 4.52 Å². The third-order valence-corrected chi connectivity index (χ3v) is 5.49. The van der Waals surface area contributed by atoms with E-state index in [1.54, 1.807) is 18.3 Å². The number of aryl methyl sites for hydroxylation is 1. The number of fused-ring (bicyclic) bond motifs is 1. The fourth-order valence-corrected chi connectivity index (χ4v) is 3.88. The van der Waals surface area contributed by atoms with E-state index in [0.717, 1.165) is 22.4 Å². The highest BCUT2D eigenvalue weighted by atomic mass is 16.5. The van der Waals surface area contributed by atoms with Crippen molar-refractivity contribution in [2.75, 3.05) is 0 Å². The lowest BCUT2D eigenvalue weighted by Crippen LogP contribution is -2.52. The van der Waals surface area contributed by atoms with Crippen molar-refractivity contribution >= 4 is 17.7 Å². The maximum atomic E-state index is 12.8. The van der Waals surface area contributed by atoms with Crippen LogP contribution < -0.4 is 5.32 Å². The summed E-state index contributed by atoms with van der Waals surface area (Å²) >= 11 is 0. The first-order valence-electron chi connectivity index (χ1n) is 9.67. The Hall–Kier alpha value is -3.81. The van der Waals surface area contributed by atoms with Crippen LogP contribution in [0.5, 0.6) is 0 Å². The van der Waals surface area contributed by atoms with Crippen LogP contribution in [0.2, 0.25) is 0 Å². The molecule has 0 saturated carbocycles. The number of aromatic nitrogens is 2. The number of benzene rings is 1. The molecule has 0 aliphatic carbocycles. The van der Waals surface area contributed by atoms with E-state index >= 15 is 0 Å². The van der Waals surface area contributed by atoms with Crippen molar-refractivity contribution in [2.45, 2.75) is 32.4 Å². The van der Waals surface area contributed by atoms with Crippen molar-refractivity contribution in [1.82, 2.24) is 20.4 Å². The average molecular weight is 402 g/mol. The Labute approximate surface area is 171 Å². The van der Waals surface area contributed by atoms with Crippen LogP contribution in [-0.4, -0.2) is 38.8 Å². The van der Waals surface area contributed by atoms with E-state index in [9.17, 15) is 14.4 Å². The van der Waals surface area contributed by atoms with Gasteiger partial charge in [-0.25, -0.2) is 0 Å². The zero-order valence-electron chi connectivity index (χ0n) is 16.2. The summed E-state index contributed by atoms with van der Waals surface area (Å²) in [5, 5.41) is 6.42. The molecule has 0 spiro atoms. The fraction of sp³-hybridized carbons (Fsp3) is 0.227. The van der Waals surface area contributed by atoms with E-state index in [1.165, 1.54) is 4.90 Å². The van der Waals surface area contributed by atoms with Crippen LogP contribution in [0.15, 0.2) is 47.1 Å². The van der Waals surface area contributed by atoms with Crippen molar-refractivity contribution in [1.29, 1.82) is 0 Å². The van der Waals surface area contributed by atoms with Gasteiger partial charge in [0.05, 0.1) is 5.69 Å². The molecule has 2 aliphatic rings. The van der Waals surface area contributed by atoms with Gasteiger partial charge in [0.2, 0.25) is 11.8 Å². The molecule has 150 valence electrons. The Morgan fingerprint density at radius 1 is 1.10 bits per heavy atom. The van der Waals surface area contributed by atoms with Crippen molar-refractivity contribution < 1.29 is 18.9 Å². The molecule has 2 aromatic heterocycles. The van der Waals surface area contributed by atoms with E-state index in [1.807, 2.05) is 31.2 Å². The Morgan fingerprint density at radius 2 is 1.97 bits per heavy atom. The number of rotatable bonds is 3. The summed E-state index contributed by atoms with van der Waals surface area (Å²) in [5.41, 5.74) is 4.57. The minimum atomic E-state index is -0.629. The van der Waals surface area contributed by atoms with Gasteiger partial charge in [-0.15, -0.1) is 0 Å². The molecule has 0 bridgehead atoms. The zero-order chi connectivity index (χ0) is 20.8. The lowest BCUT2D eigenvalue weighted by molar-refractivity contribution is -0.136. The average Bonchev–Trinajstić information content (AvgIpc) is 3.34. The highest BCUT2D eigenvalue weighted by Crippen LogP contribution is 2.32. The summed E-state index contributed by atoms with van der Waals surface area (Å²) in [6.45, 7) is 2.28. The zero-order valence-corrected chi connectivity index (χ0v) is 16.2. The van der Waals surface area contributed by atoms with Crippen molar-refractivity contribution in [3.63, 3.8) is 0 Å². The Bertz CT molecular complexity index is 1180. The topological polar surface area (TPSA) is 105 Å². The summed E-state index contributed by atoms with van der Waals surface area (Å²) in [4.78, 5) is 42.3. The summed E-state index contributed by atoms with van der Waals surface area (Å²) < 4.78 is 5.50. The van der Waals surface area contributed by atoms with Crippen molar-refractivity contribution in [2.24, 2.45) is 0 Å². The molecule has 4 heterocycles. The van der Waals surface area contributed by atoms with Crippen LogP contribution in [0, 0.1) is 6.92 Å². The Morgan fingerprint density at radius 3 is 2.73 bits per heavy atom. The van der Waals surface area contributed by atoms with Gasteiger partial charge in [0.1, 0.15) is 11.7 Å². The highest BCUT2D eigenvalue weighted by molar-refractivity contribution is 6.05. The summed E-state index contributed by atoms with van der Waals surface area (Å²) in [6, 6.07) is 10.5. The monoisotopic (exact) mass is 402 g/mol. The van der Waals surface area contributed by atoms with Gasteiger partial charge in [-0.2, -0.15) is 0 Å². The number of carbonyl (C=O) groups excluding carboxylic acids is 3. The van der Waals surface area contributed by atoms with Gasteiger partial charge in [-0.1, -0.05) is 17.3 Å². The quantitative estimate of drug-likeness (QED) is 0.675. The lowest BCUT2D eigenvalue weighted by atomic mass is 10.0. The first kappa shape index (κ1) is 18.2. The second-order valence-corrected chi connectivity index (χ2v) is 7.57. The summed E-state index contributed by atoms with van der Waals surface area (Å²) in [7, 11) is 0. The van der Waals surface area contributed by atoms with Gasteiger partial charge >= 0.3 is 0 Å². The minimum Gasteiger partial charge on any atom is -0.356 e. The molecule has 5 rings (SSSR count). The molecule has 3 amide bonds. The molecule has 1 N–H and O–H groups in total. The largest absolute Gasteiger partial charge is 0.356 e. The second-order valence-electron chi connectivity index (χ2n) is 7.57. The molecule has 1 aromatic carbocycles. The maximum Gasteiger partial charge on any atom is 0.255 e. The molecule has 8 heteroatoms. The lowest BCUT2D eigenvalue weighted by Gasteiger charge is -2.29. The molecular formula is C22H18N4O4. The third kappa shape index (κ3) is 3.06. The fourth-order valence-electron chi connectivity index (χ4n) is 3.88. The number of nitrogens with one attached hydrogen (secondary N) is 1. The third-order valence-electron chi connectivity index (χ3n) is 5.49. The van der Waals surface area contributed by atoms with E-state index in [0.29, 0.717) is 30.0 Å². The first-order valence-corrected chi connectivity index (χ1v) is 9.67. The standard InChI is InChI=1S/C22H18N4O4/c1-12-2-5-16(23-10-12)17-9-19(30-25-17)13-3-4-15-14(8-13)11-26(22(15)29)18-6-7-20(27)24-21(18)28/h2-5,8-10,18H,6-7,11H2,1H3,(H,24,27,28). The Kier molecular flexibility index (Phi) is 4.20. The van der Waals surface area contributed by atoms with Crippen LogP contribution in [0.25, 0.3) is 22.7 Å². The van der Waals surface area contributed by atoms with Crippen LogP contribution in [0.3, 0.4) is 0 Å². The van der Waals surface area contributed by atoms with Crippen molar-refractivity contribution in [3.05, 3.63) is 59.3 Å². The van der Waals surface area contributed by atoms with Gasteiger partial charge in [0.25, 0.3) is 5.91 Å². The normalized spacial score (nSPS) is 18.5. The summed E-state index contributed by atoms with van der Waals surface area (Å²) in [5.74, 6) is -0.347. The van der Waals surface area contributed by atoms with Crippen molar-refractivity contribution in [3.8, 4) is 22.7 Å².